The highest BCUT2D eigenvalue weighted by Crippen LogP contribution is 2.19. The molecule has 1 aromatic carbocycles. The maximum absolute atomic E-state index is 12.3. The lowest BCUT2D eigenvalue weighted by molar-refractivity contribution is 0.173. The number of aliphatic hydroxyl groups excluding tert-OH is 1. The second-order valence-electron chi connectivity index (χ2n) is 6.56. The van der Waals surface area contributed by atoms with E-state index in [1.807, 2.05) is 51.1 Å². The monoisotopic (exact) mass is 332 g/mol. The lowest BCUT2D eigenvalue weighted by Crippen LogP contribution is -2.40. The molecule has 0 aliphatic heterocycles. The molecule has 0 unspecified atom stereocenters. The van der Waals surface area contributed by atoms with E-state index in [-0.39, 0.29) is 31.1 Å². The molecule has 130 valence electrons. The van der Waals surface area contributed by atoms with Crippen LogP contribution in [0.5, 0.6) is 0 Å². The molecular weight excluding hydrogens is 308 g/mol. The molecule has 0 saturated carbocycles. The number of hydrogen-bond acceptors (Lipinski definition) is 5. The first-order chi connectivity index (χ1) is 11.4. The van der Waals surface area contributed by atoms with E-state index >= 15 is 0 Å². The fourth-order valence-electron chi connectivity index (χ4n) is 2.07. The quantitative estimate of drug-likeness (QED) is 0.845. The van der Waals surface area contributed by atoms with E-state index in [9.17, 15) is 9.90 Å². The molecule has 7 nitrogen and oxygen atoms in total. The van der Waals surface area contributed by atoms with Crippen LogP contribution in [-0.2, 0) is 18.5 Å². The highest BCUT2D eigenvalue weighted by atomic mass is 16.5. The topological polar surface area (TPSA) is 91.5 Å². The smallest absolute Gasteiger partial charge is 0.318 e. The molecule has 0 aliphatic rings. The van der Waals surface area contributed by atoms with Gasteiger partial charge in [-0.2, -0.15) is 4.98 Å². The molecule has 2 rings (SSSR count). The third-order valence-electron chi connectivity index (χ3n) is 3.38. The van der Waals surface area contributed by atoms with Crippen LogP contribution in [-0.4, -0.2) is 39.3 Å². The van der Waals surface area contributed by atoms with Crippen LogP contribution in [0.2, 0.25) is 0 Å². The second-order valence-corrected chi connectivity index (χ2v) is 6.56. The van der Waals surface area contributed by atoms with Gasteiger partial charge in [-0.15, -0.1) is 0 Å². The van der Waals surface area contributed by atoms with E-state index < -0.39 is 0 Å². The predicted octanol–water partition coefficient (Wildman–Crippen LogP) is 2.07. The number of benzene rings is 1. The fourth-order valence-corrected chi connectivity index (χ4v) is 2.07. The van der Waals surface area contributed by atoms with Gasteiger partial charge in [0.2, 0.25) is 5.89 Å². The molecule has 0 saturated heterocycles. The van der Waals surface area contributed by atoms with Gasteiger partial charge in [-0.1, -0.05) is 56.3 Å². The zero-order valence-electron chi connectivity index (χ0n) is 14.3. The summed E-state index contributed by atoms with van der Waals surface area (Å²) in [5.41, 5.74) is 0.765. The lowest BCUT2D eigenvalue weighted by atomic mass is 9.97. The second kappa shape index (κ2) is 7.92. The summed E-state index contributed by atoms with van der Waals surface area (Å²) in [6, 6.07) is 9.34. The lowest BCUT2D eigenvalue weighted by Gasteiger charge is -2.22. The largest absolute Gasteiger partial charge is 0.395 e. The number of rotatable bonds is 6. The fraction of sp³-hybridized carbons (Fsp3) is 0.471. The minimum absolute atomic E-state index is 0.101. The standard InChI is InChI=1S/C17H24N4O3/c1-17(2,3)15-19-14(20-24-15)11-18-16(23)21(9-10-22)12-13-7-5-4-6-8-13/h4-8,22H,9-12H2,1-3H3,(H,18,23). The summed E-state index contributed by atoms with van der Waals surface area (Å²) >= 11 is 0. The van der Waals surface area contributed by atoms with Crippen LogP contribution in [0, 0.1) is 0 Å². The summed E-state index contributed by atoms with van der Waals surface area (Å²) in [6.07, 6.45) is 0. The van der Waals surface area contributed by atoms with E-state index in [1.54, 1.807) is 4.90 Å². The summed E-state index contributed by atoms with van der Waals surface area (Å²) in [5.74, 6) is 0.959. The number of carbonyl (C=O) groups excluding carboxylic acids is 1. The van der Waals surface area contributed by atoms with Crippen molar-refractivity contribution in [3.05, 3.63) is 47.6 Å². The van der Waals surface area contributed by atoms with Crippen LogP contribution < -0.4 is 5.32 Å². The number of aromatic nitrogens is 2. The third kappa shape index (κ3) is 5.06. The van der Waals surface area contributed by atoms with E-state index in [2.05, 4.69) is 15.5 Å². The van der Waals surface area contributed by atoms with Crippen LogP contribution in [0.25, 0.3) is 0 Å². The van der Waals surface area contributed by atoms with Crippen LogP contribution in [0.3, 0.4) is 0 Å². The summed E-state index contributed by atoms with van der Waals surface area (Å²) in [4.78, 5) is 18.2. The van der Waals surface area contributed by atoms with E-state index in [4.69, 9.17) is 4.52 Å². The number of carbonyl (C=O) groups is 1. The Kier molecular flexibility index (Phi) is 5.92. The third-order valence-corrected chi connectivity index (χ3v) is 3.38. The molecule has 2 aromatic rings. The molecule has 0 bridgehead atoms. The van der Waals surface area contributed by atoms with Crippen molar-refractivity contribution in [3.63, 3.8) is 0 Å². The molecule has 1 aromatic heterocycles. The van der Waals surface area contributed by atoms with Crippen molar-refractivity contribution < 1.29 is 14.4 Å². The van der Waals surface area contributed by atoms with Crippen molar-refractivity contribution in [2.24, 2.45) is 0 Å². The van der Waals surface area contributed by atoms with Gasteiger partial charge in [0, 0.05) is 18.5 Å². The molecule has 0 spiro atoms. The highest BCUT2D eigenvalue weighted by Gasteiger charge is 2.22. The first-order valence-corrected chi connectivity index (χ1v) is 7.91. The Morgan fingerprint density at radius 1 is 1.29 bits per heavy atom. The number of nitrogens with one attached hydrogen (secondary N) is 1. The van der Waals surface area contributed by atoms with Crippen LogP contribution >= 0.6 is 0 Å². The average molecular weight is 332 g/mol. The number of aliphatic hydroxyl groups is 1. The summed E-state index contributed by atoms with van der Waals surface area (Å²) in [6.45, 7) is 6.68. The zero-order chi connectivity index (χ0) is 17.6. The van der Waals surface area contributed by atoms with Gasteiger partial charge in [0.25, 0.3) is 0 Å². The van der Waals surface area contributed by atoms with E-state index in [1.165, 1.54) is 0 Å². The summed E-state index contributed by atoms with van der Waals surface area (Å²) in [5, 5.41) is 15.8. The maximum Gasteiger partial charge on any atom is 0.318 e. The predicted molar refractivity (Wildman–Crippen MR) is 89.2 cm³/mol. The molecule has 0 radical (unpaired) electrons. The van der Waals surface area contributed by atoms with E-state index in [0.29, 0.717) is 18.3 Å². The molecule has 0 fully saturated rings. The molecule has 2 N–H and O–H groups in total. The Labute approximate surface area is 141 Å². The SMILES string of the molecule is CC(C)(C)c1nc(CNC(=O)N(CCO)Cc2ccccc2)no1. The molecule has 0 atom stereocenters. The van der Waals surface area contributed by atoms with Crippen molar-refractivity contribution in [3.8, 4) is 0 Å². The summed E-state index contributed by atoms with van der Waals surface area (Å²) in [7, 11) is 0. The minimum Gasteiger partial charge on any atom is -0.395 e. The van der Waals surface area contributed by atoms with Crippen molar-refractivity contribution in [2.75, 3.05) is 13.2 Å². The zero-order valence-corrected chi connectivity index (χ0v) is 14.3. The molecule has 1 heterocycles. The average Bonchev–Trinajstić information content (AvgIpc) is 3.02. The number of nitrogens with zero attached hydrogens (tertiary/aromatic N) is 3. The van der Waals surface area contributed by atoms with Gasteiger partial charge in [-0.3, -0.25) is 0 Å². The number of hydrogen-bond donors (Lipinski definition) is 2. The number of amides is 2. The van der Waals surface area contributed by atoms with Crippen molar-refractivity contribution in [1.82, 2.24) is 20.4 Å². The van der Waals surface area contributed by atoms with Gasteiger partial charge in [0.05, 0.1) is 13.2 Å². The molecule has 24 heavy (non-hydrogen) atoms. The van der Waals surface area contributed by atoms with Gasteiger partial charge in [0.15, 0.2) is 5.82 Å². The Hall–Kier alpha value is -2.41. The Morgan fingerprint density at radius 3 is 2.58 bits per heavy atom. The first kappa shape index (κ1) is 17.9. The van der Waals surface area contributed by atoms with Gasteiger partial charge < -0.3 is 19.8 Å². The first-order valence-electron chi connectivity index (χ1n) is 7.91. The van der Waals surface area contributed by atoms with Crippen molar-refractivity contribution in [2.45, 2.75) is 39.3 Å². The minimum atomic E-state index is -0.282. The Morgan fingerprint density at radius 2 is 2.00 bits per heavy atom. The van der Waals surface area contributed by atoms with Gasteiger partial charge >= 0.3 is 6.03 Å². The van der Waals surface area contributed by atoms with Gasteiger partial charge in [0.1, 0.15) is 0 Å². The molecular formula is C17H24N4O3. The van der Waals surface area contributed by atoms with Gasteiger partial charge in [-0.05, 0) is 5.56 Å². The van der Waals surface area contributed by atoms with E-state index in [0.717, 1.165) is 5.56 Å². The Bertz CT molecular complexity index is 649. The van der Waals surface area contributed by atoms with Crippen LogP contribution in [0.1, 0.15) is 38.0 Å². The van der Waals surface area contributed by atoms with Crippen molar-refractivity contribution >= 4 is 6.03 Å². The Balaban J connectivity index is 1.94. The molecule has 7 heteroatoms. The molecule has 2 amide bonds. The normalized spacial score (nSPS) is 11.3. The van der Waals surface area contributed by atoms with Gasteiger partial charge in [-0.25, -0.2) is 4.79 Å². The molecule has 0 aliphatic carbocycles. The summed E-state index contributed by atoms with van der Waals surface area (Å²) < 4.78 is 5.20. The number of urea groups is 1. The highest BCUT2D eigenvalue weighted by molar-refractivity contribution is 5.74. The van der Waals surface area contributed by atoms with Crippen LogP contribution in [0.4, 0.5) is 4.79 Å². The maximum atomic E-state index is 12.3. The van der Waals surface area contributed by atoms with Crippen molar-refractivity contribution in [1.29, 1.82) is 0 Å². The van der Waals surface area contributed by atoms with Crippen LogP contribution in [0.15, 0.2) is 34.9 Å².